The number of aliphatic hydroxyl groups excluding tert-OH is 1. The minimum absolute atomic E-state index is 0.0662. The minimum Gasteiger partial charge on any atom is -0.368 e. The number of anilines is 2. The van der Waals surface area contributed by atoms with E-state index in [2.05, 4.69) is 31.7 Å². The molecule has 0 saturated heterocycles. The first-order chi connectivity index (χ1) is 18.1. The molecule has 6 nitrogen and oxygen atoms in total. The summed E-state index contributed by atoms with van der Waals surface area (Å²) in [6, 6.07) is 19.4. The van der Waals surface area contributed by atoms with Gasteiger partial charge in [-0.25, -0.2) is 4.68 Å². The average Bonchev–Trinajstić information content (AvgIpc) is 3.25. The smallest absolute Gasteiger partial charge is 0.368 e. The lowest BCUT2D eigenvalue weighted by atomic mass is 9.97. The van der Waals surface area contributed by atoms with E-state index in [0.717, 1.165) is 4.68 Å². The van der Waals surface area contributed by atoms with Crippen LogP contribution in [0.15, 0.2) is 83.3 Å². The van der Waals surface area contributed by atoms with Crippen LogP contribution < -0.4 is 10.6 Å². The minimum atomic E-state index is -4.57. The third-order valence-corrected chi connectivity index (χ3v) is 7.35. The third kappa shape index (κ3) is 5.16. The van der Waals surface area contributed by atoms with E-state index in [4.69, 9.17) is 11.6 Å². The van der Waals surface area contributed by atoms with Crippen LogP contribution in [0.25, 0.3) is 0 Å². The second-order valence-corrected chi connectivity index (χ2v) is 10.1. The second kappa shape index (κ2) is 10.4. The molecule has 0 saturated carbocycles. The first kappa shape index (κ1) is 26.3. The Labute approximate surface area is 229 Å². The first-order valence-electron chi connectivity index (χ1n) is 11.6. The fourth-order valence-electron chi connectivity index (χ4n) is 4.48. The summed E-state index contributed by atoms with van der Waals surface area (Å²) in [5, 5.41) is 21.4. The van der Waals surface area contributed by atoms with E-state index in [1.807, 2.05) is 0 Å². The molecule has 1 aromatic heterocycles. The van der Waals surface area contributed by atoms with Crippen LogP contribution in [0, 0.1) is 0 Å². The van der Waals surface area contributed by atoms with Gasteiger partial charge < -0.3 is 15.7 Å². The van der Waals surface area contributed by atoms with Gasteiger partial charge in [-0.3, -0.25) is 4.79 Å². The molecule has 0 spiro atoms. The Morgan fingerprint density at radius 3 is 2.42 bits per heavy atom. The Morgan fingerprint density at radius 2 is 1.76 bits per heavy atom. The number of hydrogen-bond donors (Lipinski definition) is 3. The number of alkyl halides is 3. The van der Waals surface area contributed by atoms with Gasteiger partial charge in [0.05, 0.1) is 10.5 Å². The third-order valence-electron chi connectivity index (χ3n) is 6.34. The molecule has 4 aromatic rings. The Balaban J connectivity index is 1.49. The van der Waals surface area contributed by atoms with Gasteiger partial charge in [-0.05, 0) is 39.7 Å². The molecule has 3 atom stereocenters. The van der Waals surface area contributed by atoms with Gasteiger partial charge in [0.25, 0.3) is 0 Å². The van der Waals surface area contributed by atoms with Crippen LogP contribution in [0.2, 0.25) is 5.02 Å². The highest BCUT2D eigenvalue weighted by Gasteiger charge is 2.47. The van der Waals surface area contributed by atoms with Crippen LogP contribution in [0.4, 0.5) is 24.7 Å². The van der Waals surface area contributed by atoms with E-state index in [-0.39, 0.29) is 39.4 Å². The molecule has 1 aliphatic heterocycles. The number of ketones is 1. The molecule has 0 unspecified atom stereocenters. The number of aromatic nitrogens is 2. The van der Waals surface area contributed by atoms with Crippen LogP contribution >= 0.6 is 27.5 Å². The zero-order valence-corrected chi connectivity index (χ0v) is 21.9. The quantitative estimate of drug-likeness (QED) is 0.159. The van der Waals surface area contributed by atoms with Crippen LogP contribution in [-0.4, -0.2) is 26.8 Å². The highest BCUT2D eigenvalue weighted by Crippen LogP contribution is 2.47. The van der Waals surface area contributed by atoms with Crippen molar-refractivity contribution in [1.82, 2.24) is 9.78 Å². The number of hydrogen-bond acceptors (Lipinski definition) is 5. The van der Waals surface area contributed by atoms with Crippen molar-refractivity contribution < 1.29 is 23.1 Å². The Hall–Kier alpha value is -3.34. The summed E-state index contributed by atoms with van der Waals surface area (Å²) in [5.41, 5.74) is 1.49. The van der Waals surface area contributed by atoms with Crippen molar-refractivity contribution in [2.24, 2.45) is 0 Å². The van der Waals surface area contributed by atoms with Gasteiger partial charge in [-0.2, -0.15) is 18.3 Å². The van der Waals surface area contributed by atoms with Gasteiger partial charge in [0.15, 0.2) is 18.1 Å². The summed E-state index contributed by atoms with van der Waals surface area (Å²) in [5.74, 6) is -0.240. The largest absolute Gasteiger partial charge is 0.410 e. The summed E-state index contributed by atoms with van der Waals surface area (Å²) in [7, 11) is 0. The second-order valence-electron chi connectivity index (χ2n) is 8.83. The van der Waals surface area contributed by atoms with Crippen molar-refractivity contribution in [3.8, 4) is 0 Å². The Morgan fingerprint density at radius 1 is 1.11 bits per heavy atom. The molecule has 0 bridgehead atoms. The van der Waals surface area contributed by atoms with E-state index < -0.39 is 24.5 Å². The lowest BCUT2D eigenvalue weighted by Gasteiger charge is -2.33. The Kier molecular flexibility index (Phi) is 7.21. The summed E-state index contributed by atoms with van der Waals surface area (Å²) in [6.07, 6.45) is -6.39. The van der Waals surface area contributed by atoms with E-state index >= 15 is 0 Å². The molecule has 11 heteroatoms. The zero-order valence-electron chi connectivity index (χ0n) is 19.6. The number of nitrogens with zero attached hydrogens (tertiary/aromatic N) is 2. The normalized spacial score (nSPS) is 17.8. The van der Waals surface area contributed by atoms with E-state index in [0.29, 0.717) is 16.1 Å². The predicted octanol–water partition coefficient (Wildman–Crippen LogP) is 7.29. The Bertz CT molecular complexity index is 1460. The van der Waals surface area contributed by atoms with Crippen molar-refractivity contribution in [3.05, 3.63) is 111 Å². The standard InChI is InChI=1S/C27H21BrClF3N4O2/c28-22-23(26(38)34-19-12-11-17(29)13-18(19)24(37)16-9-5-2-6-10-16)35-36-21(27(30,31)32)14-20(33-25(22)36)15-7-3-1-4-8-15/h1-13,20-21,26,33-34,38H,14H2/t20-,21-,26-/m1/s1. The molecule has 3 aromatic carbocycles. The topological polar surface area (TPSA) is 79.2 Å². The maximum Gasteiger partial charge on any atom is 0.410 e. The summed E-state index contributed by atoms with van der Waals surface area (Å²) >= 11 is 9.48. The van der Waals surface area contributed by atoms with Gasteiger partial charge in [-0.1, -0.05) is 72.3 Å². The van der Waals surface area contributed by atoms with Gasteiger partial charge in [0.2, 0.25) is 0 Å². The van der Waals surface area contributed by atoms with Crippen LogP contribution in [0.3, 0.4) is 0 Å². The fourth-order valence-corrected chi connectivity index (χ4v) is 5.24. The molecule has 3 N–H and O–H groups in total. The van der Waals surface area contributed by atoms with E-state index in [1.165, 1.54) is 18.2 Å². The highest BCUT2D eigenvalue weighted by molar-refractivity contribution is 9.10. The van der Waals surface area contributed by atoms with Gasteiger partial charge >= 0.3 is 6.18 Å². The van der Waals surface area contributed by atoms with Gasteiger partial charge in [-0.15, -0.1) is 0 Å². The predicted molar refractivity (Wildman–Crippen MR) is 142 cm³/mol. The lowest BCUT2D eigenvalue weighted by molar-refractivity contribution is -0.173. The number of benzene rings is 3. The number of fused-ring (bicyclic) bond motifs is 1. The van der Waals surface area contributed by atoms with Crippen molar-refractivity contribution in [2.45, 2.75) is 30.9 Å². The van der Waals surface area contributed by atoms with E-state index in [1.54, 1.807) is 60.7 Å². The lowest BCUT2D eigenvalue weighted by Crippen LogP contribution is -2.35. The first-order valence-corrected chi connectivity index (χ1v) is 12.8. The van der Waals surface area contributed by atoms with Crippen LogP contribution in [0.1, 0.15) is 51.9 Å². The molecule has 38 heavy (non-hydrogen) atoms. The highest BCUT2D eigenvalue weighted by atomic mass is 79.9. The maximum atomic E-state index is 14.1. The molecule has 0 amide bonds. The van der Waals surface area contributed by atoms with Crippen molar-refractivity contribution >= 4 is 44.8 Å². The summed E-state index contributed by atoms with van der Waals surface area (Å²) in [4.78, 5) is 13.1. The molecular formula is C27H21BrClF3N4O2. The van der Waals surface area contributed by atoms with Crippen molar-refractivity contribution in [2.75, 3.05) is 10.6 Å². The molecule has 2 heterocycles. The van der Waals surface area contributed by atoms with Crippen LogP contribution in [-0.2, 0) is 0 Å². The molecule has 5 rings (SSSR count). The fraction of sp³-hybridized carbons (Fsp3) is 0.185. The molecule has 1 aliphatic rings. The monoisotopic (exact) mass is 604 g/mol. The number of carbonyl (C=O) groups excluding carboxylic acids is 1. The zero-order chi connectivity index (χ0) is 27.0. The summed E-state index contributed by atoms with van der Waals surface area (Å²) < 4.78 is 43.3. The number of halogens is 5. The molecule has 0 radical (unpaired) electrons. The number of rotatable bonds is 6. The van der Waals surface area contributed by atoms with Crippen molar-refractivity contribution in [3.63, 3.8) is 0 Å². The van der Waals surface area contributed by atoms with Gasteiger partial charge in [0.1, 0.15) is 11.5 Å². The van der Waals surface area contributed by atoms with Crippen LogP contribution in [0.5, 0.6) is 0 Å². The number of nitrogens with one attached hydrogen (secondary N) is 2. The molecule has 0 fully saturated rings. The van der Waals surface area contributed by atoms with Gasteiger partial charge in [0, 0.05) is 28.3 Å². The maximum absolute atomic E-state index is 14.1. The summed E-state index contributed by atoms with van der Waals surface area (Å²) in [6.45, 7) is 0. The average molecular weight is 606 g/mol. The van der Waals surface area contributed by atoms with E-state index in [9.17, 15) is 23.1 Å². The number of aliphatic hydroxyl groups is 1. The van der Waals surface area contributed by atoms with Crippen molar-refractivity contribution in [1.29, 1.82) is 0 Å². The molecule has 0 aliphatic carbocycles. The SMILES string of the molecule is O=C(c1ccccc1)c1cc(Cl)ccc1N[C@H](O)c1nn2c(c1Br)N[C@@H](c1ccccc1)C[C@@H]2C(F)(F)F. The molecule has 196 valence electrons. The number of carbonyl (C=O) groups is 1. The molecular weight excluding hydrogens is 585 g/mol.